The highest BCUT2D eigenvalue weighted by atomic mass is 16.5. The van der Waals surface area contributed by atoms with Gasteiger partial charge in [0.1, 0.15) is 0 Å². The van der Waals surface area contributed by atoms with E-state index in [2.05, 4.69) is 18.7 Å². The van der Waals surface area contributed by atoms with Crippen LogP contribution in [0.4, 0.5) is 0 Å². The quantitative estimate of drug-likeness (QED) is 0.611. The summed E-state index contributed by atoms with van der Waals surface area (Å²) < 4.78 is 5.01. The van der Waals surface area contributed by atoms with Crippen LogP contribution in [-0.4, -0.2) is 38.3 Å². The molecule has 0 aliphatic carbocycles. The molecule has 1 aliphatic rings. The van der Waals surface area contributed by atoms with Gasteiger partial charge in [-0.05, 0) is 11.8 Å². The van der Waals surface area contributed by atoms with Crippen LogP contribution in [0.3, 0.4) is 0 Å². The topological polar surface area (TPSA) is 12.5 Å². The highest BCUT2D eigenvalue weighted by Gasteiger charge is 2.36. The molecule has 0 atom stereocenters. The van der Waals surface area contributed by atoms with Crippen molar-refractivity contribution >= 4 is 0 Å². The zero-order valence-electron chi connectivity index (χ0n) is 7.89. The third kappa shape index (κ3) is 2.17. The Labute approximate surface area is 69.5 Å². The van der Waals surface area contributed by atoms with Gasteiger partial charge < -0.3 is 4.74 Å². The molecule has 2 heteroatoms. The molecule has 0 amide bonds. The van der Waals surface area contributed by atoms with Crippen LogP contribution in [0.25, 0.3) is 0 Å². The van der Waals surface area contributed by atoms with Crippen molar-refractivity contribution in [3.8, 4) is 0 Å². The van der Waals surface area contributed by atoms with E-state index in [0.717, 1.165) is 13.2 Å². The van der Waals surface area contributed by atoms with Crippen LogP contribution >= 0.6 is 0 Å². The Morgan fingerprint density at radius 1 is 1.45 bits per heavy atom. The summed E-state index contributed by atoms with van der Waals surface area (Å²) in [5, 5.41) is 0. The maximum atomic E-state index is 5.01. The molecule has 0 N–H and O–H groups in total. The fraction of sp³-hybridized carbons (Fsp3) is 1.00. The molecule has 1 saturated heterocycles. The summed E-state index contributed by atoms with van der Waals surface area (Å²) in [5.74, 6) is 0. The third-order valence-electron chi connectivity index (χ3n) is 2.68. The minimum atomic E-state index is 0.605. The molecule has 1 fully saturated rings. The van der Waals surface area contributed by atoms with Crippen LogP contribution in [-0.2, 0) is 4.74 Å². The second kappa shape index (κ2) is 3.55. The van der Waals surface area contributed by atoms with E-state index >= 15 is 0 Å². The second-order valence-corrected chi connectivity index (χ2v) is 3.87. The van der Waals surface area contributed by atoms with Crippen molar-refractivity contribution in [3.05, 3.63) is 0 Å². The van der Waals surface area contributed by atoms with Gasteiger partial charge in [-0.1, -0.05) is 13.8 Å². The molecule has 0 aromatic carbocycles. The van der Waals surface area contributed by atoms with Gasteiger partial charge in [0.2, 0.25) is 0 Å². The van der Waals surface area contributed by atoms with Crippen LogP contribution in [0.15, 0.2) is 0 Å². The Morgan fingerprint density at radius 2 is 2.09 bits per heavy atom. The fourth-order valence-corrected chi connectivity index (χ4v) is 1.64. The number of hydrogen-bond acceptors (Lipinski definition) is 2. The van der Waals surface area contributed by atoms with Crippen LogP contribution in [0.5, 0.6) is 0 Å². The summed E-state index contributed by atoms with van der Waals surface area (Å²) in [4.78, 5) is 2.45. The molecule has 0 spiro atoms. The van der Waals surface area contributed by atoms with Crippen LogP contribution in [0, 0.1) is 5.41 Å². The molecule has 0 aromatic rings. The smallest absolute Gasteiger partial charge is 0.0589 e. The summed E-state index contributed by atoms with van der Waals surface area (Å²) in [6.45, 7) is 9.12. The minimum absolute atomic E-state index is 0.605. The Bertz CT molecular complexity index is 119. The lowest BCUT2D eigenvalue weighted by molar-refractivity contribution is -0.00322. The molecule has 0 radical (unpaired) electrons. The van der Waals surface area contributed by atoms with Crippen LogP contribution in [0.2, 0.25) is 0 Å². The maximum absolute atomic E-state index is 5.01. The average Bonchev–Trinajstić information content (AvgIpc) is 1.96. The number of methoxy groups -OCH3 is 1. The van der Waals surface area contributed by atoms with Crippen molar-refractivity contribution in [3.63, 3.8) is 0 Å². The zero-order valence-corrected chi connectivity index (χ0v) is 7.89. The summed E-state index contributed by atoms with van der Waals surface area (Å²) in [5.41, 5.74) is 0.605. The van der Waals surface area contributed by atoms with E-state index in [9.17, 15) is 0 Å². The predicted molar refractivity (Wildman–Crippen MR) is 46.7 cm³/mol. The van der Waals surface area contributed by atoms with Gasteiger partial charge in [-0.2, -0.15) is 0 Å². The number of rotatable bonds is 4. The van der Waals surface area contributed by atoms with Crippen molar-refractivity contribution in [2.24, 2.45) is 5.41 Å². The standard InChI is InChI=1S/C9H19NO/c1-4-9(2)7-10(8-9)5-6-11-3/h4-8H2,1-3H3. The number of nitrogens with zero attached hydrogens (tertiary/aromatic N) is 1. The molecule has 2 nitrogen and oxygen atoms in total. The van der Waals surface area contributed by atoms with E-state index in [1.807, 2.05) is 0 Å². The molecule has 66 valence electrons. The number of hydrogen-bond donors (Lipinski definition) is 0. The van der Waals surface area contributed by atoms with Crippen molar-refractivity contribution in [2.45, 2.75) is 20.3 Å². The molecule has 0 bridgehead atoms. The normalized spacial score (nSPS) is 23.2. The molecule has 0 saturated carbocycles. The lowest BCUT2D eigenvalue weighted by atomic mass is 9.80. The zero-order chi connectivity index (χ0) is 8.32. The number of likely N-dealkylation sites (tertiary alicyclic amines) is 1. The van der Waals surface area contributed by atoms with E-state index in [-0.39, 0.29) is 0 Å². The number of ether oxygens (including phenoxy) is 1. The largest absolute Gasteiger partial charge is 0.383 e. The van der Waals surface area contributed by atoms with Crippen molar-refractivity contribution in [1.82, 2.24) is 4.90 Å². The Balaban J connectivity index is 2.08. The minimum Gasteiger partial charge on any atom is -0.383 e. The molecular formula is C9H19NO. The highest BCUT2D eigenvalue weighted by Crippen LogP contribution is 2.32. The van der Waals surface area contributed by atoms with Gasteiger partial charge in [-0.25, -0.2) is 0 Å². The first kappa shape index (κ1) is 9.01. The monoisotopic (exact) mass is 157 g/mol. The SMILES string of the molecule is CCC1(C)CN(CCOC)C1. The Kier molecular flexibility index (Phi) is 2.90. The first-order chi connectivity index (χ1) is 5.20. The average molecular weight is 157 g/mol. The molecule has 0 aromatic heterocycles. The van der Waals surface area contributed by atoms with Crippen LogP contribution < -0.4 is 0 Å². The van der Waals surface area contributed by atoms with Crippen molar-refractivity contribution in [2.75, 3.05) is 33.4 Å². The first-order valence-corrected chi connectivity index (χ1v) is 4.41. The Morgan fingerprint density at radius 3 is 2.55 bits per heavy atom. The molecule has 1 aliphatic heterocycles. The maximum Gasteiger partial charge on any atom is 0.0589 e. The molecule has 1 heterocycles. The molecular weight excluding hydrogens is 138 g/mol. The van der Waals surface area contributed by atoms with Gasteiger partial charge in [-0.15, -0.1) is 0 Å². The molecule has 11 heavy (non-hydrogen) atoms. The van der Waals surface area contributed by atoms with Crippen molar-refractivity contribution < 1.29 is 4.74 Å². The van der Waals surface area contributed by atoms with Gasteiger partial charge in [-0.3, -0.25) is 4.90 Å². The van der Waals surface area contributed by atoms with Gasteiger partial charge >= 0.3 is 0 Å². The highest BCUT2D eigenvalue weighted by molar-refractivity contribution is 4.89. The lowest BCUT2D eigenvalue weighted by Gasteiger charge is -2.47. The van der Waals surface area contributed by atoms with Gasteiger partial charge in [0, 0.05) is 26.7 Å². The van der Waals surface area contributed by atoms with E-state index in [4.69, 9.17) is 4.74 Å². The van der Waals surface area contributed by atoms with Gasteiger partial charge in [0.15, 0.2) is 0 Å². The predicted octanol–water partition coefficient (Wildman–Crippen LogP) is 1.36. The van der Waals surface area contributed by atoms with E-state index in [1.54, 1.807) is 7.11 Å². The summed E-state index contributed by atoms with van der Waals surface area (Å²) >= 11 is 0. The lowest BCUT2D eigenvalue weighted by Crippen LogP contribution is -2.54. The summed E-state index contributed by atoms with van der Waals surface area (Å²) in [6, 6.07) is 0. The second-order valence-electron chi connectivity index (χ2n) is 3.87. The molecule has 1 rings (SSSR count). The fourth-order valence-electron chi connectivity index (χ4n) is 1.64. The summed E-state index contributed by atoms with van der Waals surface area (Å²) in [6.07, 6.45) is 1.30. The first-order valence-electron chi connectivity index (χ1n) is 4.41. The van der Waals surface area contributed by atoms with Gasteiger partial charge in [0.25, 0.3) is 0 Å². The van der Waals surface area contributed by atoms with E-state index in [1.165, 1.54) is 19.5 Å². The van der Waals surface area contributed by atoms with Crippen LogP contribution in [0.1, 0.15) is 20.3 Å². The van der Waals surface area contributed by atoms with E-state index in [0.29, 0.717) is 5.41 Å². The van der Waals surface area contributed by atoms with Gasteiger partial charge in [0.05, 0.1) is 6.61 Å². The third-order valence-corrected chi connectivity index (χ3v) is 2.68. The van der Waals surface area contributed by atoms with E-state index < -0.39 is 0 Å². The summed E-state index contributed by atoms with van der Waals surface area (Å²) in [7, 11) is 1.76. The Hall–Kier alpha value is -0.0800. The molecule has 0 unspecified atom stereocenters. The van der Waals surface area contributed by atoms with Crippen molar-refractivity contribution in [1.29, 1.82) is 0 Å².